The van der Waals surface area contributed by atoms with Crippen molar-refractivity contribution >= 4 is 0 Å². The van der Waals surface area contributed by atoms with Gasteiger partial charge in [0.05, 0.1) is 12.6 Å². The summed E-state index contributed by atoms with van der Waals surface area (Å²) in [5.41, 5.74) is 0. The minimum Gasteiger partial charge on any atom is -0.465 e. The molecule has 0 radical (unpaired) electrons. The Balaban J connectivity index is 2.48. The van der Waals surface area contributed by atoms with Crippen molar-refractivity contribution < 1.29 is 9.15 Å². The fraction of sp³-hybridized carbons (Fsp3) is 0.636. The molecule has 14 heavy (non-hydrogen) atoms. The lowest BCUT2D eigenvalue weighted by Gasteiger charge is -2.09. The van der Waals surface area contributed by atoms with Crippen LogP contribution >= 0.6 is 0 Å². The van der Waals surface area contributed by atoms with E-state index in [9.17, 15) is 0 Å². The van der Waals surface area contributed by atoms with E-state index in [-0.39, 0.29) is 6.04 Å². The minimum atomic E-state index is 0.254. The Bertz CT molecular complexity index is 258. The highest BCUT2D eigenvalue weighted by atomic mass is 16.6. The predicted molar refractivity (Wildman–Crippen MR) is 56.6 cm³/mol. The molecule has 3 nitrogen and oxygen atoms in total. The fourth-order valence-corrected chi connectivity index (χ4v) is 1.25. The predicted octanol–water partition coefficient (Wildman–Crippen LogP) is 2.74. The van der Waals surface area contributed by atoms with Crippen molar-refractivity contribution in [1.82, 2.24) is 5.32 Å². The SMILES string of the molecule is CCCNC(C)c1ccc(OCC)o1. The molecule has 1 unspecified atom stereocenters. The Kier molecular flexibility index (Phi) is 4.53. The van der Waals surface area contributed by atoms with Crippen molar-refractivity contribution in [1.29, 1.82) is 0 Å². The standard InChI is InChI=1S/C11H19NO2/c1-4-8-12-9(3)10-6-7-11(14-10)13-5-2/h6-7,9,12H,4-5,8H2,1-3H3. The van der Waals surface area contributed by atoms with Crippen molar-refractivity contribution in [2.24, 2.45) is 0 Å². The molecular weight excluding hydrogens is 178 g/mol. The van der Waals surface area contributed by atoms with Gasteiger partial charge in [0.25, 0.3) is 5.95 Å². The van der Waals surface area contributed by atoms with Gasteiger partial charge >= 0.3 is 0 Å². The zero-order chi connectivity index (χ0) is 10.4. The Hall–Kier alpha value is -0.960. The molecule has 0 fully saturated rings. The summed E-state index contributed by atoms with van der Waals surface area (Å²) in [5.74, 6) is 1.54. The molecule has 0 aromatic carbocycles. The number of nitrogens with one attached hydrogen (secondary N) is 1. The van der Waals surface area contributed by atoms with Crippen molar-refractivity contribution in [3.05, 3.63) is 17.9 Å². The number of ether oxygens (including phenoxy) is 1. The van der Waals surface area contributed by atoms with Gasteiger partial charge in [0.2, 0.25) is 0 Å². The summed E-state index contributed by atoms with van der Waals surface area (Å²) in [6, 6.07) is 4.07. The highest BCUT2D eigenvalue weighted by Crippen LogP contribution is 2.21. The smallest absolute Gasteiger partial charge is 0.284 e. The molecular formula is C11H19NO2. The number of hydrogen-bond acceptors (Lipinski definition) is 3. The van der Waals surface area contributed by atoms with E-state index in [1.165, 1.54) is 0 Å². The quantitative estimate of drug-likeness (QED) is 0.761. The van der Waals surface area contributed by atoms with Gasteiger partial charge in [-0.1, -0.05) is 6.92 Å². The lowest BCUT2D eigenvalue weighted by atomic mass is 10.2. The molecule has 1 aromatic heterocycles. The number of rotatable bonds is 6. The molecule has 80 valence electrons. The maximum Gasteiger partial charge on any atom is 0.284 e. The maximum absolute atomic E-state index is 5.50. The van der Waals surface area contributed by atoms with E-state index in [1.807, 2.05) is 19.1 Å². The van der Waals surface area contributed by atoms with Crippen LogP contribution < -0.4 is 10.1 Å². The van der Waals surface area contributed by atoms with Crippen molar-refractivity contribution in [2.75, 3.05) is 13.2 Å². The van der Waals surface area contributed by atoms with Crippen LogP contribution in [0.25, 0.3) is 0 Å². The molecule has 0 aliphatic rings. The number of furan rings is 1. The molecule has 3 heteroatoms. The Morgan fingerprint density at radius 2 is 2.21 bits per heavy atom. The molecule has 1 rings (SSSR count). The molecule has 1 aromatic rings. The topological polar surface area (TPSA) is 34.4 Å². The van der Waals surface area contributed by atoms with Crippen molar-refractivity contribution in [3.63, 3.8) is 0 Å². The number of hydrogen-bond donors (Lipinski definition) is 1. The monoisotopic (exact) mass is 197 g/mol. The molecule has 1 atom stereocenters. The third-order valence-corrected chi connectivity index (χ3v) is 2.02. The zero-order valence-electron chi connectivity index (χ0n) is 9.17. The van der Waals surface area contributed by atoms with E-state index in [0.29, 0.717) is 12.6 Å². The van der Waals surface area contributed by atoms with Gasteiger partial charge in [0, 0.05) is 6.07 Å². The molecule has 0 aliphatic carbocycles. The first-order valence-corrected chi connectivity index (χ1v) is 5.23. The highest BCUT2D eigenvalue weighted by molar-refractivity contribution is 5.14. The first kappa shape index (κ1) is 11.1. The molecule has 0 amide bonds. The average Bonchev–Trinajstić information content (AvgIpc) is 2.63. The van der Waals surface area contributed by atoms with Crippen molar-refractivity contribution in [2.45, 2.75) is 33.2 Å². The van der Waals surface area contributed by atoms with E-state index in [0.717, 1.165) is 18.7 Å². The van der Waals surface area contributed by atoms with Crippen LogP contribution in [-0.4, -0.2) is 13.2 Å². The molecule has 1 heterocycles. The van der Waals surface area contributed by atoms with E-state index in [1.54, 1.807) is 0 Å². The van der Waals surface area contributed by atoms with Gasteiger partial charge in [-0.25, -0.2) is 0 Å². The molecule has 0 aliphatic heterocycles. The maximum atomic E-state index is 5.50. The van der Waals surface area contributed by atoms with E-state index < -0.39 is 0 Å². The van der Waals surface area contributed by atoms with E-state index in [2.05, 4.69) is 19.2 Å². The lowest BCUT2D eigenvalue weighted by Crippen LogP contribution is -2.18. The lowest BCUT2D eigenvalue weighted by molar-refractivity contribution is 0.244. The van der Waals surface area contributed by atoms with Crippen LogP contribution in [-0.2, 0) is 0 Å². The minimum absolute atomic E-state index is 0.254. The van der Waals surface area contributed by atoms with Crippen LogP contribution in [0.2, 0.25) is 0 Å². The summed E-state index contributed by atoms with van der Waals surface area (Å²) in [5, 5.41) is 3.35. The summed E-state index contributed by atoms with van der Waals surface area (Å²) in [6.07, 6.45) is 1.13. The Morgan fingerprint density at radius 1 is 1.43 bits per heavy atom. The Labute approximate surface area is 85.4 Å². The van der Waals surface area contributed by atoms with Gasteiger partial charge in [-0.3, -0.25) is 0 Å². The van der Waals surface area contributed by atoms with Crippen molar-refractivity contribution in [3.8, 4) is 5.95 Å². The van der Waals surface area contributed by atoms with Gasteiger partial charge in [-0.05, 0) is 32.9 Å². The Morgan fingerprint density at radius 3 is 2.86 bits per heavy atom. The van der Waals surface area contributed by atoms with E-state index >= 15 is 0 Å². The summed E-state index contributed by atoms with van der Waals surface area (Å²) in [6.45, 7) is 7.83. The summed E-state index contributed by atoms with van der Waals surface area (Å²) in [4.78, 5) is 0. The highest BCUT2D eigenvalue weighted by Gasteiger charge is 2.09. The second kappa shape index (κ2) is 5.70. The second-order valence-corrected chi connectivity index (χ2v) is 3.27. The molecule has 0 saturated heterocycles. The largest absolute Gasteiger partial charge is 0.465 e. The summed E-state index contributed by atoms with van der Waals surface area (Å²) >= 11 is 0. The molecule has 0 bridgehead atoms. The fourth-order valence-electron chi connectivity index (χ4n) is 1.25. The van der Waals surface area contributed by atoms with Gasteiger partial charge < -0.3 is 14.5 Å². The van der Waals surface area contributed by atoms with Crippen LogP contribution in [0, 0.1) is 0 Å². The summed E-state index contributed by atoms with van der Waals surface area (Å²) in [7, 11) is 0. The first-order chi connectivity index (χ1) is 6.77. The van der Waals surface area contributed by atoms with Gasteiger partial charge in [0.15, 0.2) is 0 Å². The zero-order valence-corrected chi connectivity index (χ0v) is 9.17. The molecule has 0 saturated carbocycles. The van der Waals surface area contributed by atoms with Crippen LogP contribution in [0.4, 0.5) is 0 Å². The molecule has 1 N–H and O–H groups in total. The van der Waals surface area contributed by atoms with Gasteiger partial charge in [0.1, 0.15) is 5.76 Å². The van der Waals surface area contributed by atoms with E-state index in [4.69, 9.17) is 9.15 Å². The van der Waals surface area contributed by atoms with Crippen LogP contribution in [0.1, 0.15) is 39.0 Å². The third-order valence-electron chi connectivity index (χ3n) is 2.02. The van der Waals surface area contributed by atoms with Gasteiger partial charge in [-0.2, -0.15) is 0 Å². The van der Waals surface area contributed by atoms with Crippen LogP contribution in [0.15, 0.2) is 16.5 Å². The third kappa shape index (κ3) is 3.07. The molecule has 0 spiro atoms. The van der Waals surface area contributed by atoms with Gasteiger partial charge in [-0.15, -0.1) is 0 Å². The summed E-state index contributed by atoms with van der Waals surface area (Å²) < 4.78 is 10.7. The van der Waals surface area contributed by atoms with Crippen LogP contribution in [0.3, 0.4) is 0 Å². The second-order valence-electron chi connectivity index (χ2n) is 3.27. The van der Waals surface area contributed by atoms with Crippen LogP contribution in [0.5, 0.6) is 5.95 Å². The average molecular weight is 197 g/mol. The normalized spacial score (nSPS) is 12.8. The first-order valence-electron chi connectivity index (χ1n) is 5.23.